The van der Waals surface area contributed by atoms with Crippen LogP contribution in [0, 0.1) is 11.8 Å². The molecule has 246 valence electrons. The van der Waals surface area contributed by atoms with Crippen LogP contribution in [0.25, 0.3) is 0 Å². The van der Waals surface area contributed by atoms with Crippen LogP contribution in [0.4, 0.5) is 0 Å². The van der Waals surface area contributed by atoms with Gasteiger partial charge in [0, 0.05) is 0 Å². The first-order valence-electron chi connectivity index (χ1n) is 18.3. The van der Waals surface area contributed by atoms with Crippen LogP contribution >= 0.6 is 0 Å². The number of hydrogen-bond acceptors (Lipinski definition) is 2. The van der Waals surface area contributed by atoms with Gasteiger partial charge in [0.1, 0.15) is 0 Å². The van der Waals surface area contributed by atoms with Crippen molar-refractivity contribution < 1.29 is 19.8 Å². The summed E-state index contributed by atoms with van der Waals surface area (Å²) in [4.78, 5) is 23.6. The highest BCUT2D eigenvalue weighted by Gasteiger charge is 2.22. The van der Waals surface area contributed by atoms with Gasteiger partial charge >= 0.3 is 11.9 Å². The third-order valence-electron chi connectivity index (χ3n) is 8.69. The molecule has 0 saturated carbocycles. The molecule has 2 N–H and O–H groups in total. The van der Waals surface area contributed by atoms with Crippen LogP contribution in [0.15, 0.2) is 24.3 Å². The summed E-state index contributed by atoms with van der Waals surface area (Å²) < 4.78 is 0. The predicted octanol–water partition coefficient (Wildman–Crippen LogP) is 12.5. The number of unbranched alkanes of at least 4 members (excludes halogenated alkanes) is 20. The van der Waals surface area contributed by atoms with E-state index in [9.17, 15) is 19.8 Å². The van der Waals surface area contributed by atoms with Crippen LogP contribution in [-0.2, 0) is 9.59 Å². The normalized spacial score (nSPS) is 13.3. The number of hydrogen-bond donors (Lipinski definition) is 2. The summed E-state index contributed by atoms with van der Waals surface area (Å²) in [5.41, 5.74) is 0. The summed E-state index contributed by atoms with van der Waals surface area (Å²) >= 11 is 0. The number of carbonyl (C=O) groups is 2. The lowest BCUT2D eigenvalue weighted by atomic mass is 9.89. The van der Waals surface area contributed by atoms with E-state index in [-0.39, 0.29) is 0 Å². The molecule has 0 rings (SSSR count). The Morgan fingerprint density at radius 2 is 0.667 bits per heavy atom. The molecule has 0 saturated heterocycles. The van der Waals surface area contributed by atoms with Crippen LogP contribution in [0.5, 0.6) is 0 Å². The van der Waals surface area contributed by atoms with Gasteiger partial charge in [0.25, 0.3) is 0 Å². The summed E-state index contributed by atoms with van der Waals surface area (Å²) in [6.07, 6.45) is 40.9. The van der Waals surface area contributed by atoms with E-state index in [1.54, 1.807) is 0 Å². The van der Waals surface area contributed by atoms with E-state index in [0.717, 1.165) is 51.4 Å². The summed E-state index contributed by atoms with van der Waals surface area (Å²) in [6, 6.07) is 0. The first-order valence-corrected chi connectivity index (χ1v) is 18.3. The van der Waals surface area contributed by atoms with Crippen molar-refractivity contribution in [2.45, 2.75) is 194 Å². The largest absolute Gasteiger partial charge is 0.481 e. The van der Waals surface area contributed by atoms with E-state index in [0.29, 0.717) is 25.7 Å². The fourth-order valence-corrected chi connectivity index (χ4v) is 5.75. The summed E-state index contributed by atoms with van der Waals surface area (Å²) in [6.45, 7) is 4.51. The maximum atomic E-state index is 11.8. The van der Waals surface area contributed by atoms with Crippen LogP contribution in [0.2, 0.25) is 0 Å². The lowest BCUT2D eigenvalue weighted by Crippen LogP contribution is -2.19. The van der Waals surface area contributed by atoms with Gasteiger partial charge in [-0.05, 0) is 77.0 Å². The van der Waals surface area contributed by atoms with Gasteiger partial charge in [0.15, 0.2) is 0 Å². The molecule has 4 heteroatoms. The second-order valence-electron chi connectivity index (χ2n) is 12.7. The molecule has 0 spiro atoms. The molecule has 0 fully saturated rings. The molecule has 0 aliphatic carbocycles. The molecule has 0 bridgehead atoms. The molecule has 0 aliphatic heterocycles. The first-order chi connectivity index (χ1) is 20.5. The molecule has 0 aromatic carbocycles. The van der Waals surface area contributed by atoms with Crippen LogP contribution in [0.3, 0.4) is 0 Å². The summed E-state index contributed by atoms with van der Waals surface area (Å²) in [5.74, 6) is -2.35. The highest BCUT2D eigenvalue weighted by molar-refractivity contribution is 5.71. The molecular weight excluding hydrogens is 520 g/mol. The van der Waals surface area contributed by atoms with Gasteiger partial charge < -0.3 is 10.2 Å². The second-order valence-corrected chi connectivity index (χ2v) is 12.7. The van der Waals surface area contributed by atoms with E-state index in [2.05, 4.69) is 38.2 Å². The van der Waals surface area contributed by atoms with E-state index in [1.165, 1.54) is 103 Å². The van der Waals surface area contributed by atoms with Gasteiger partial charge in [-0.25, -0.2) is 0 Å². The fraction of sp³-hybridized carbons (Fsp3) is 0.842. The van der Waals surface area contributed by atoms with Crippen molar-refractivity contribution in [2.75, 3.05) is 0 Å². The Kier molecular flexibility index (Phi) is 31.1. The van der Waals surface area contributed by atoms with Gasteiger partial charge in [0.05, 0.1) is 11.8 Å². The zero-order valence-electron chi connectivity index (χ0n) is 28.0. The smallest absolute Gasteiger partial charge is 0.306 e. The van der Waals surface area contributed by atoms with Crippen LogP contribution in [-0.4, -0.2) is 22.2 Å². The lowest BCUT2D eigenvalue weighted by Gasteiger charge is -2.16. The van der Waals surface area contributed by atoms with Crippen molar-refractivity contribution in [3.63, 3.8) is 0 Å². The molecule has 2 atom stereocenters. The maximum absolute atomic E-state index is 11.8. The number of carboxylic acid groups (broad SMARTS) is 2. The van der Waals surface area contributed by atoms with Crippen LogP contribution < -0.4 is 0 Å². The standard InChI is InChI=1S/C38H70O4/c1-3-5-7-9-11-13-15-17-19-21-23-25-27-29-31-35(37(39)40)33-34-36(38(41)42)32-30-28-26-24-22-20-18-16-14-12-10-8-6-4-2/h17-20,35-36H,3-16,21-34H2,1-2H3,(H,39,40)(H,41,42)/b19-17-,20-18-. The van der Waals surface area contributed by atoms with Crippen molar-refractivity contribution in [1.82, 2.24) is 0 Å². The van der Waals surface area contributed by atoms with Gasteiger partial charge in [-0.1, -0.05) is 141 Å². The molecule has 4 nitrogen and oxygen atoms in total. The Bertz CT molecular complexity index is 597. The van der Waals surface area contributed by atoms with Crippen molar-refractivity contribution in [3.8, 4) is 0 Å². The van der Waals surface area contributed by atoms with Crippen molar-refractivity contribution in [3.05, 3.63) is 24.3 Å². The molecule has 0 heterocycles. The maximum Gasteiger partial charge on any atom is 0.306 e. The molecule has 0 aliphatic rings. The lowest BCUT2D eigenvalue weighted by molar-refractivity contribution is -0.145. The Balaban J connectivity index is 3.87. The topological polar surface area (TPSA) is 74.6 Å². The monoisotopic (exact) mass is 591 g/mol. The minimum Gasteiger partial charge on any atom is -0.481 e. The zero-order valence-corrected chi connectivity index (χ0v) is 28.0. The third kappa shape index (κ3) is 28.5. The van der Waals surface area contributed by atoms with Crippen molar-refractivity contribution >= 4 is 11.9 Å². The minimum atomic E-state index is -0.763. The number of carboxylic acids is 2. The van der Waals surface area contributed by atoms with Crippen molar-refractivity contribution in [2.24, 2.45) is 11.8 Å². The molecule has 0 radical (unpaired) electrons. The quantitative estimate of drug-likeness (QED) is 0.0589. The summed E-state index contributed by atoms with van der Waals surface area (Å²) in [7, 11) is 0. The molecule has 0 amide bonds. The Morgan fingerprint density at radius 3 is 0.952 bits per heavy atom. The summed E-state index contributed by atoms with van der Waals surface area (Å²) in [5, 5.41) is 19.3. The molecule has 0 aromatic heterocycles. The van der Waals surface area contributed by atoms with E-state index >= 15 is 0 Å². The van der Waals surface area contributed by atoms with E-state index in [4.69, 9.17) is 0 Å². The highest BCUT2D eigenvalue weighted by atomic mass is 16.4. The number of allylic oxidation sites excluding steroid dienone is 4. The van der Waals surface area contributed by atoms with Gasteiger partial charge in [-0.3, -0.25) is 9.59 Å². The van der Waals surface area contributed by atoms with E-state index in [1.807, 2.05) is 0 Å². The first kappa shape index (κ1) is 40.4. The molecule has 42 heavy (non-hydrogen) atoms. The second kappa shape index (κ2) is 32.3. The Morgan fingerprint density at radius 1 is 0.405 bits per heavy atom. The molecule has 0 aromatic rings. The van der Waals surface area contributed by atoms with Gasteiger partial charge in [-0.15, -0.1) is 0 Å². The van der Waals surface area contributed by atoms with Gasteiger partial charge in [-0.2, -0.15) is 0 Å². The predicted molar refractivity (Wildman–Crippen MR) is 181 cm³/mol. The highest BCUT2D eigenvalue weighted by Crippen LogP contribution is 2.24. The van der Waals surface area contributed by atoms with E-state index < -0.39 is 23.8 Å². The minimum absolute atomic E-state index is 0.410. The number of aliphatic carboxylic acids is 2. The number of rotatable bonds is 33. The van der Waals surface area contributed by atoms with Gasteiger partial charge in [0.2, 0.25) is 0 Å². The average molecular weight is 591 g/mol. The molecular formula is C38H70O4. The molecule has 2 unspecified atom stereocenters. The fourth-order valence-electron chi connectivity index (χ4n) is 5.75. The Labute approximate surface area is 261 Å². The third-order valence-corrected chi connectivity index (χ3v) is 8.69. The van der Waals surface area contributed by atoms with Crippen LogP contribution in [0.1, 0.15) is 194 Å². The Hall–Kier alpha value is -1.58. The average Bonchev–Trinajstić information content (AvgIpc) is 2.97. The van der Waals surface area contributed by atoms with Crippen molar-refractivity contribution in [1.29, 1.82) is 0 Å². The SMILES string of the molecule is CCCCCCCC/C=C\CCCCCCC(CCC(CCCCCC/C=C\CCCCCCCC)C(=O)O)C(=O)O. The zero-order chi connectivity index (χ0) is 30.9.